The van der Waals surface area contributed by atoms with Gasteiger partial charge in [0, 0.05) is 19.3 Å². The Morgan fingerprint density at radius 3 is 0.846 bits per heavy atom. The van der Waals surface area contributed by atoms with E-state index in [0.717, 1.165) is 116 Å². The SMILES string of the molecule is CC/C=C\C/C=C\C/C=C\C/C=C\C/C=C\C/C=C\C/C=C\C/C=C\CCCCC(=O)OCC(COC(=O)CCCCCCC/C=C\CCCCC)OC(=O)CCCCCCCCCCCCCCCCCCCCCCC. The van der Waals surface area contributed by atoms with Crippen LogP contribution in [0.5, 0.6) is 0 Å². The molecule has 0 radical (unpaired) electrons. The molecule has 0 amide bonds. The molecule has 6 nitrogen and oxygen atoms in total. The van der Waals surface area contributed by atoms with Gasteiger partial charge in [-0.3, -0.25) is 14.4 Å². The van der Waals surface area contributed by atoms with E-state index in [4.69, 9.17) is 14.2 Å². The number of ether oxygens (including phenoxy) is 3. The topological polar surface area (TPSA) is 78.9 Å². The van der Waals surface area contributed by atoms with Crippen LogP contribution < -0.4 is 0 Å². The minimum absolute atomic E-state index is 0.0949. The lowest BCUT2D eigenvalue weighted by Crippen LogP contribution is -2.30. The van der Waals surface area contributed by atoms with Gasteiger partial charge in [-0.05, 0) is 109 Å². The Kier molecular flexibility index (Phi) is 62.3. The summed E-state index contributed by atoms with van der Waals surface area (Å²) in [4.78, 5) is 38.3. The Morgan fingerprint density at radius 1 is 0.269 bits per heavy atom. The first-order valence-corrected chi connectivity index (χ1v) is 32.9. The van der Waals surface area contributed by atoms with Gasteiger partial charge in [-0.15, -0.1) is 0 Å². The molecule has 6 heteroatoms. The fourth-order valence-electron chi connectivity index (χ4n) is 9.10. The summed E-state index contributed by atoms with van der Waals surface area (Å²) in [5, 5.41) is 0. The number of esters is 3. The van der Waals surface area contributed by atoms with Gasteiger partial charge in [-0.25, -0.2) is 0 Å². The smallest absolute Gasteiger partial charge is 0.306 e. The minimum Gasteiger partial charge on any atom is -0.462 e. The molecule has 1 atom stereocenters. The molecule has 0 N–H and O–H groups in total. The van der Waals surface area contributed by atoms with Crippen molar-refractivity contribution in [3.63, 3.8) is 0 Å². The van der Waals surface area contributed by atoms with Gasteiger partial charge in [0.1, 0.15) is 13.2 Å². The van der Waals surface area contributed by atoms with E-state index in [0.29, 0.717) is 19.3 Å². The zero-order chi connectivity index (χ0) is 56.4. The molecule has 0 aromatic heterocycles. The molecule has 0 aromatic carbocycles. The van der Waals surface area contributed by atoms with E-state index in [9.17, 15) is 14.4 Å². The standard InChI is InChI=1S/C72H122O6/c1-4-7-10-13-16-19-22-25-27-29-31-33-34-35-36-37-38-40-41-43-45-47-50-53-56-59-62-65-71(74)77-68-69(67-76-70(73)64-61-58-55-52-49-24-21-18-15-12-9-6-3)78-72(75)66-63-60-57-54-51-48-46-44-42-39-32-30-28-26-23-20-17-14-11-8-5-2/h7,10,16,18-19,21,25,27,31,33,35-36,38,40,43,45,50,53,69H,4-6,8-9,11-15,17,20,22-24,26,28-30,32,34,37,39,41-42,44,46-49,51-52,54-68H2,1-3H3/b10-7-,19-16-,21-18-,27-25-,33-31-,36-35-,40-38-,45-43-,53-50-. The minimum atomic E-state index is -0.800. The molecule has 446 valence electrons. The summed E-state index contributed by atoms with van der Waals surface area (Å²) < 4.78 is 16.9. The van der Waals surface area contributed by atoms with Gasteiger partial charge in [0.05, 0.1) is 0 Å². The monoisotopic (exact) mass is 1080 g/mol. The van der Waals surface area contributed by atoms with E-state index in [2.05, 4.69) is 130 Å². The van der Waals surface area contributed by atoms with Gasteiger partial charge in [0.25, 0.3) is 0 Å². The first kappa shape index (κ1) is 74.1. The van der Waals surface area contributed by atoms with Crippen LogP contribution in [0.2, 0.25) is 0 Å². The van der Waals surface area contributed by atoms with Crippen molar-refractivity contribution in [2.75, 3.05) is 13.2 Å². The average molecular weight is 1080 g/mol. The van der Waals surface area contributed by atoms with E-state index in [-0.39, 0.29) is 31.1 Å². The average Bonchev–Trinajstić information content (AvgIpc) is 3.44. The van der Waals surface area contributed by atoms with Gasteiger partial charge < -0.3 is 14.2 Å². The lowest BCUT2D eigenvalue weighted by atomic mass is 10.0. The highest BCUT2D eigenvalue weighted by Crippen LogP contribution is 2.17. The van der Waals surface area contributed by atoms with Crippen LogP contribution in [-0.2, 0) is 28.6 Å². The third-order valence-corrected chi connectivity index (χ3v) is 14.0. The molecule has 0 aliphatic heterocycles. The summed E-state index contributed by atoms with van der Waals surface area (Å²) in [6.45, 7) is 6.49. The molecule has 0 spiro atoms. The predicted molar refractivity (Wildman–Crippen MR) is 339 cm³/mol. The van der Waals surface area contributed by atoms with Crippen molar-refractivity contribution in [1.29, 1.82) is 0 Å². The second kappa shape index (κ2) is 65.6. The van der Waals surface area contributed by atoms with E-state index >= 15 is 0 Å². The largest absolute Gasteiger partial charge is 0.462 e. The molecule has 0 aliphatic carbocycles. The van der Waals surface area contributed by atoms with E-state index < -0.39 is 6.10 Å². The highest BCUT2D eigenvalue weighted by Gasteiger charge is 2.19. The maximum atomic E-state index is 12.9. The van der Waals surface area contributed by atoms with Crippen molar-refractivity contribution in [1.82, 2.24) is 0 Å². The number of rotatable bonds is 59. The maximum Gasteiger partial charge on any atom is 0.306 e. The molecular formula is C72H122O6. The Hall–Kier alpha value is -3.93. The number of hydrogen-bond acceptors (Lipinski definition) is 6. The second-order valence-corrected chi connectivity index (χ2v) is 21.6. The lowest BCUT2D eigenvalue weighted by molar-refractivity contribution is -0.167. The summed E-state index contributed by atoms with van der Waals surface area (Å²) in [5.74, 6) is -0.939. The summed E-state index contributed by atoms with van der Waals surface area (Å²) >= 11 is 0. The first-order valence-electron chi connectivity index (χ1n) is 32.9. The van der Waals surface area contributed by atoms with Crippen molar-refractivity contribution in [3.8, 4) is 0 Å². The summed E-state index contributed by atoms with van der Waals surface area (Å²) in [6.07, 6.45) is 89.6. The van der Waals surface area contributed by atoms with Gasteiger partial charge in [0.15, 0.2) is 6.10 Å². The number of carbonyl (C=O) groups excluding carboxylic acids is 3. The molecule has 0 heterocycles. The molecule has 0 saturated carbocycles. The van der Waals surface area contributed by atoms with Crippen molar-refractivity contribution < 1.29 is 28.6 Å². The zero-order valence-electron chi connectivity index (χ0n) is 51.2. The van der Waals surface area contributed by atoms with Gasteiger partial charge in [-0.1, -0.05) is 291 Å². The second-order valence-electron chi connectivity index (χ2n) is 21.6. The lowest BCUT2D eigenvalue weighted by Gasteiger charge is -2.18. The van der Waals surface area contributed by atoms with Crippen LogP contribution in [0.1, 0.15) is 310 Å². The van der Waals surface area contributed by atoms with Gasteiger partial charge >= 0.3 is 17.9 Å². The Bertz CT molecular complexity index is 1570. The summed E-state index contributed by atoms with van der Waals surface area (Å²) in [6, 6.07) is 0. The van der Waals surface area contributed by atoms with E-state index in [1.807, 2.05) is 0 Å². The molecule has 0 aliphatic rings. The Balaban J connectivity index is 4.38. The molecule has 0 bridgehead atoms. The van der Waals surface area contributed by atoms with Crippen molar-refractivity contribution in [2.24, 2.45) is 0 Å². The van der Waals surface area contributed by atoms with Crippen LogP contribution in [-0.4, -0.2) is 37.2 Å². The molecule has 0 saturated heterocycles. The van der Waals surface area contributed by atoms with Crippen LogP contribution in [0, 0.1) is 0 Å². The highest BCUT2D eigenvalue weighted by atomic mass is 16.6. The van der Waals surface area contributed by atoms with Crippen LogP contribution in [0.3, 0.4) is 0 Å². The fourth-order valence-corrected chi connectivity index (χ4v) is 9.10. The molecule has 0 aromatic rings. The summed E-state index contributed by atoms with van der Waals surface area (Å²) in [7, 11) is 0. The quantitative estimate of drug-likeness (QED) is 0.0261. The zero-order valence-corrected chi connectivity index (χ0v) is 51.2. The molecular weight excluding hydrogens is 961 g/mol. The molecule has 1 unspecified atom stereocenters. The van der Waals surface area contributed by atoms with Crippen molar-refractivity contribution >= 4 is 17.9 Å². The third-order valence-electron chi connectivity index (χ3n) is 14.0. The first-order chi connectivity index (χ1) is 38.5. The fraction of sp³-hybridized carbons (Fsp3) is 0.708. The van der Waals surface area contributed by atoms with Crippen LogP contribution in [0.4, 0.5) is 0 Å². The highest BCUT2D eigenvalue weighted by molar-refractivity contribution is 5.71. The molecule has 0 rings (SSSR count). The van der Waals surface area contributed by atoms with E-state index in [1.54, 1.807) is 0 Å². The third kappa shape index (κ3) is 62.9. The number of hydrogen-bond donors (Lipinski definition) is 0. The predicted octanol–water partition coefficient (Wildman–Crippen LogP) is 22.6. The van der Waals surface area contributed by atoms with Gasteiger partial charge in [-0.2, -0.15) is 0 Å². The van der Waals surface area contributed by atoms with Crippen LogP contribution in [0.15, 0.2) is 109 Å². The maximum absolute atomic E-state index is 12.9. The Labute approximate surface area is 482 Å². The Morgan fingerprint density at radius 2 is 0.500 bits per heavy atom. The van der Waals surface area contributed by atoms with Crippen molar-refractivity contribution in [2.45, 2.75) is 316 Å². The number of carbonyl (C=O) groups is 3. The summed E-state index contributed by atoms with van der Waals surface area (Å²) in [5.41, 5.74) is 0. The van der Waals surface area contributed by atoms with Crippen LogP contribution >= 0.6 is 0 Å². The van der Waals surface area contributed by atoms with Crippen molar-refractivity contribution in [3.05, 3.63) is 109 Å². The molecule has 0 fully saturated rings. The number of unbranched alkanes of at least 4 members (excludes halogenated alkanes) is 30. The normalized spacial score (nSPS) is 12.8. The van der Waals surface area contributed by atoms with Gasteiger partial charge in [0.2, 0.25) is 0 Å². The number of allylic oxidation sites excluding steroid dienone is 18. The van der Waals surface area contributed by atoms with E-state index in [1.165, 1.54) is 154 Å². The van der Waals surface area contributed by atoms with Crippen LogP contribution in [0.25, 0.3) is 0 Å². The molecule has 78 heavy (non-hydrogen) atoms.